The Morgan fingerprint density at radius 1 is 0.889 bits per heavy atom. The second-order valence-electron chi connectivity index (χ2n) is 7.82. The van der Waals surface area contributed by atoms with Crippen LogP contribution in [0.25, 0.3) is 0 Å². The number of nitrogens with one attached hydrogen (secondary N) is 1. The van der Waals surface area contributed by atoms with Crippen LogP contribution >= 0.6 is 0 Å². The molecule has 27 heavy (non-hydrogen) atoms. The van der Waals surface area contributed by atoms with Crippen LogP contribution in [0.4, 0.5) is 0 Å². The van der Waals surface area contributed by atoms with Crippen molar-refractivity contribution in [3.8, 4) is 0 Å². The molecule has 0 amide bonds. The monoisotopic (exact) mass is 372 g/mol. The Hall–Kier alpha value is -2.37. The van der Waals surface area contributed by atoms with Gasteiger partial charge in [-0.15, -0.1) is 0 Å². The van der Waals surface area contributed by atoms with E-state index in [4.69, 9.17) is 0 Å². The quantitative estimate of drug-likeness (QED) is 0.691. The molecular weight excluding hydrogens is 336 g/mol. The molecule has 0 bridgehead atoms. The zero-order valence-corrected chi connectivity index (χ0v) is 18.4. The minimum absolute atomic E-state index is 0.485. The molecule has 0 saturated heterocycles. The van der Waals surface area contributed by atoms with Gasteiger partial charge in [-0.05, 0) is 56.7 Å². The van der Waals surface area contributed by atoms with Crippen molar-refractivity contribution in [3.05, 3.63) is 53.4 Å². The summed E-state index contributed by atoms with van der Waals surface area (Å²) in [4.78, 5) is 0. The molecule has 3 heterocycles. The zero-order chi connectivity index (χ0) is 20.6. The molecule has 0 unspecified atom stereocenters. The predicted molar refractivity (Wildman–Crippen MR) is 112 cm³/mol. The summed E-state index contributed by atoms with van der Waals surface area (Å²) in [5, 5.41) is 15.2. The Morgan fingerprint density at radius 3 is 1.78 bits per heavy atom. The predicted octanol–water partition coefficient (Wildman–Crippen LogP) is 5.16. The highest BCUT2D eigenvalue weighted by Crippen LogP contribution is 2.11. The van der Waals surface area contributed by atoms with E-state index in [0.717, 1.165) is 11.4 Å². The normalized spacial score (nSPS) is 10.7. The van der Waals surface area contributed by atoms with Crippen LogP contribution in [0.1, 0.15) is 81.9 Å². The van der Waals surface area contributed by atoms with Gasteiger partial charge in [0.2, 0.25) is 0 Å². The third-order valence-electron chi connectivity index (χ3n) is 3.97. The fourth-order valence-corrected chi connectivity index (χ4v) is 2.19. The van der Waals surface area contributed by atoms with Crippen molar-refractivity contribution in [3.63, 3.8) is 0 Å². The number of H-pyrrole nitrogens is 1. The Morgan fingerprint density at radius 2 is 1.56 bits per heavy atom. The lowest BCUT2D eigenvalue weighted by atomic mass is 10.1. The highest BCUT2D eigenvalue weighted by molar-refractivity contribution is 5.09. The molecule has 0 aliphatic carbocycles. The second-order valence-corrected chi connectivity index (χ2v) is 7.82. The molecule has 0 aliphatic rings. The maximum absolute atomic E-state index is 4.13. The number of hydrogen-bond acceptors (Lipinski definition) is 3. The summed E-state index contributed by atoms with van der Waals surface area (Å²) in [5.74, 6) is 1.13. The van der Waals surface area contributed by atoms with Gasteiger partial charge >= 0.3 is 0 Å². The van der Waals surface area contributed by atoms with Crippen LogP contribution in [0.15, 0.2) is 30.9 Å². The summed E-state index contributed by atoms with van der Waals surface area (Å²) in [6.45, 7) is 16.9. The summed E-state index contributed by atoms with van der Waals surface area (Å²) in [6, 6.07) is 2.56. The third kappa shape index (κ3) is 8.24. The van der Waals surface area contributed by atoms with Crippen LogP contribution in [0.5, 0.6) is 0 Å². The second kappa shape index (κ2) is 10.7. The van der Waals surface area contributed by atoms with Crippen LogP contribution in [0.3, 0.4) is 0 Å². The first-order chi connectivity index (χ1) is 12.6. The fraction of sp³-hybridized carbons (Fsp3) is 0.571. The van der Waals surface area contributed by atoms with Crippen molar-refractivity contribution in [2.24, 2.45) is 7.05 Å². The smallest absolute Gasteiger partial charge is 0.0650 e. The maximum Gasteiger partial charge on any atom is 0.0650 e. The average Bonchev–Trinajstić information content (AvgIpc) is 3.30. The third-order valence-corrected chi connectivity index (χ3v) is 3.97. The molecule has 3 aromatic rings. The molecule has 3 aromatic heterocycles. The van der Waals surface area contributed by atoms with E-state index in [1.807, 2.05) is 55.0 Å². The van der Waals surface area contributed by atoms with Gasteiger partial charge in [0, 0.05) is 31.2 Å². The Bertz CT molecular complexity index is 671. The zero-order valence-electron chi connectivity index (χ0n) is 18.4. The number of nitrogens with zero attached hydrogens (tertiary/aromatic N) is 5. The number of aromatic amines is 1. The van der Waals surface area contributed by atoms with Crippen LogP contribution in [-0.4, -0.2) is 29.8 Å². The minimum Gasteiger partial charge on any atom is -0.283 e. The van der Waals surface area contributed by atoms with Crippen molar-refractivity contribution in [2.75, 3.05) is 0 Å². The molecule has 0 fully saturated rings. The molecule has 0 saturated carbocycles. The van der Waals surface area contributed by atoms with Crippen molar-refractivity contribution >= 4 is 0 Å². The first-order valence-corrected chi connectivity index (χ1v) is 9.61. The van der Waals surface area contributed by atoms with Crippen molar-refractivity contribution in [2.45, 2.75) is 73.3 Å². The van der Waals surface area contributed by atoms with Crippen LogP contribution in [0.2, 0.25) is 0 Å². The van der Waals surface area contributed by atoms with E-state index in [0.29, 0.717) is 17.9 Å². The van der Waals surface area contributed by atoms with Gasteiger partial charge < -0.3 is 0 Å². The van der Waals surface area contributed by atoms with E-state index in [2.05, 4.69) is 68.0 Å². The molecule has 0 atom stereocenters. The van der Waals surface area contributed by atoms with E-state index in [1.54, 1.807) is 0 Å². The standard InChI is InChI=1S/3C7H12N2/c1-6(2)7-4-8-9(3)5-7;1-6(2)9-5-7(3)4-8-9;1-5(2)7-4-6(3)8-9-7/h2*4-6H,1-3H3;4-5H,1-3H3,(H,8,9). The topological polar surface area (TPSA) is 64.3 Å². The number of rotatable bonds is 3. The van der Waals surface area contributed by atoms with Gasteiger partial charge in [0.25, 0.3) is 0 Å². The summed E-state index contributed by atoms with van der Waals surface area (Å²) >= 11 is 0. The first-order valence-electron chi connectivity index (χ1n) is 9.61. The van der Waals surface area contributed by atoms with Gasteiger partial charge in [-0.2, -0.15) is 15.3 Å². The number of aryl methyl sites for hydroxylation is 3. The van der Waals surface area contributed by atoms with Gasteiger partial charge in [-0.25, -0.2) is 0 Å². The van der Waals surface area contributed by atoms with Crippen molar-refractivity contribution < 1.29 is 0 Å². The summed E-state index contributed by atoms with van der Waals surface area (Å²) in [7, 11) is 1.94. The lowest BCUT2D eigenvalue weighted by Crippen LogP contribution is -1.99. The average molecular weight is 373 g/mol. The lowest BCUT2D eigenvalue weighted by Gasteiger charge is -2.02. The van der Waals surface area contributed by atoms with E-state index >= 15 is 0 Å². The minimum atomic E-state index is 0.485. The summed E-state index contributed by atoms with van der Waals surface area (Å²) < 4.78 is 3.78. The lowest BCUT2D eigenvalue weighted by molar-refractivity contribution is 0.532. The van der Waals surface area contributed by atoms with Gasteiger partial charge in [-0.3, -0.25) is 14.5 Å². The molecule has 3 rings (SSSR count). The molecule has 0 spiro atoms. The van der Waals surface area contributed by atoms with Crippen LogP contribution in [0, 0.1) is 13.8 Å². The number of aromatic nitrogens is 6. The summed E-state index contributed by atoms with van der Waals surface area (Å²) in [5.41, 5.74) is 4.81. The molecule has 0 aromatic carbocycles. The molecule has 6 heteroatoms. The van der Waals surface area contributed by atoms with Crippen molar-refractivity contribution in [1.29, 1.82) is 0 Å². The molecular formula is C21H36N6. The van der Waals surface area contributed by atoms with Crippen LogP contribution < -0.4 is 0 Å². The Labute approximate surface area is 164 Å². The van der Waals surface area contributed by atoms with E-state index in [1.165, 1.54) is 11.1 Å². The van der Waals surface area contributed by atoms with E-state index < -0.39 is 0 Å². The van der Waals surface area contributed by atoms with Gasteiger partial charge in [-0.1, -0.05) is 27.7 Å². The first kappa shape index (κ1) is 22.7. The number of hydrogen-bond donors (Lipinski definition) is 1. The summed E-state index contributed by atoms with van der Waals surface area (Å²) in [6.07, 6.45) is 7.88. The molecule has 0 aliphatic heterocycles. The van der Waals surface area contributed by atoms with Gasteiger partial charge in [0.05, 0.1) is 18.1 Å². The Kier molecular flexibility index (Phi) is 8.98. The van der Waals surface area contributed by atoms with Crippen molar-refractivity contribution in [1.82, 2.24) is 29.8 Å². The molecule has 0 radical (unpaired) electrons. The largest absolute Gasteiger partial charge is 0.283 e. The molecule has 1 N–H and O–H groups in total. The van der Waals surface area contributed by atoms with Crippen LogP contribution in [-0.2, 0) is 7.05 Å². The van der Waals surface area contributed by atoms with E-state index in [-0.39, 0.29) is 0 Å². The SMILES string of the molecule is CC(C)c1cnn(C)c1.Cc1cc(C(C)C)n[nH]1.Cc1cnn(C(C)C)c1. The van der Waals surface area contributed by atoms with E-state index in [9.17, 15) is 0 Å². The fourth-order valence-electron chi connectivity index (χ4n) is 2.19. The van der Waals surface area contributed by atoms with Gasteiger partial charge in [0.1, 0.15) is 0 Å². The Balaban J connectivity index is 0.000000202. The molecule has 6 nitrogen and oxygen atoms in total. The maximum atomic E-state index is 4.13. The highest BCUT2D eigenvalue weighted by atomic mass is 15.3. The highest BCUT2D eigenvalue weighted by Gasteiger charge is 2.00. The van der Waals surface area contributed by atoms with Gasteiger partial charge in [0.15, 0.2) is 0 Å². The molecule has 150 valence electrons.